The molecule has 18 heavy (non-hydrogen) atoms. The minimum absolute atomic E-state index is 0.0878. The second-order valence-corrected chi connectivity index (χ2v) is 3.34. The number of hydrogen-bond donors (Lipinski definition) is 2. The van der Waals surface area contributed by atoms with Gasteiger partial charge in [0.25, 0.3) is 0 Å². The molecule has 0 aliphatic heterocycles. The molecule has 1 rings (SSSR count). The molecule has 0 bridgehead atoms. The molecule has 0 saturated heterocycles. The van der Waals surface area contributed by atoms with E-state index in [1.54, 1.807) is 0 Å². The van der Waals surface area contributed by atoms with Crippen LogP contribution in [0.1, 0.15) is 19.4 Å². The SMILES string of the molecule is CCOc1ccc(/C=N\N=C(N)N)c(OCC)c1. The van der Waals surface area contributed by atoms with Crippen LogP contribution in [0.4, 0.5) is 0 Å². The summed E-state index contributed by atoms with van der Waals surface area (Å²) in [6.07, 6.45) is 1.53. The lowest BCUT2D eigenvalue weighted by Gasteiger charge is -2.09. The molecule has 0 amide bonds. The van der Waals surface area contributed by atoms with Crippen LogP contribution >= 0.6 is 0 Å². The van der Waals surface area contributed by atoms with Crippen LogP contribution in [0.25, 0.3) is 0 Å². The monoisotopic (exact) mass is 250 g/mol. The molecule has 0 fully saturated rings. The Bertz CT molecular complexity index is 440. The summed E-state index contributed by atoms with van der Waals surface area (Å²) in [6, 6.07) is 5.48. The molecule has 98 valence electrons. The maximum atomic E-state index is 5.50. The fraction of sp³-hybridized carbons (Fsp3) is 0.333. The summed E-state index contributed by atoms with van der Waals surface area (Å²) in [5, 5.41) is 7.29. The molecule has 0 unspecified atom stereocenters. The smallest absolute Gasteiger partial charge is 0.211 e. The van der Waals surface area contributed by atoms with Gasteiger partial charge in [-0.2, -0.15) is 5.10 Å². The van der Waals surface area contributed by atoms with Crippen LogP contribution in [0.3, 0.4) is 0 Å². The average Bonchev–Trinajstić information content (AvgIpc) is 2.32. The van der Waals surface area contributed by atoms with E-state index in [1.807, 2.05) is 32.0 Å². The van der Waals surface area contributed by atoms with Crippen LogP contribution in [0.15, 0.2) is 28.4 Å². The van der Waals surface area contributed by atoms with Gasteiger partial charge in [0.2, 0.25) is 5.96 Å². The van der Waals surface area contributed by atoms with Crippen molar-refractivity contribution in [2.24, 2.45) is 21.7 Å². The van der Waals surface area contributed by atoms with Crippen molar-refractivity contribution in [2.75, 3.05) is 13.2 Å². The molecule has 1 aromatic rings. The van der Waals surface area contributed by atoms with Crippen molar-refractivity contribution in [2.45, 2.75) is 13.8 Å². The molecule has 0 radical (unpaired) electrons. The quantitative estimate of drug-likeness (QED) is 0.449. The van der Waals surface area contributed by atoms with Gasteiger partial charge in [0, 0.05) is 11.6 Å². The second kappa shape index (κ2) is 7.16. The number of ether oxygens (including phenoxy) is 2. The third kappa shape index (κ3) is 4.32. The highest BCUT2D eigenvalue weighted by atomic mass is 16.5. The maximum absolute atomic E-state index is 5.50. The van der Waals surface area contributed by atoms with Gasteiger partial charge in [-0.3, -0.25) is 0 Å². The largest absolute Gasteiger partial charge is 0.494 e. The first-order valence-electron chi connectivity index (χ1n) is 5.69. The molecule has 0 aromatic heterocycles. The Morgan fingerprint density at radius 3 is 2.56 bits per heavy atom. The number of hydrogen-bond acceptors (Lipinski definition) is 4. The topological polar surface area (TPSA) is 95.2 Å². The van der Waals surface area contributed by atoms with Crippen LogP contribution in [-0.4, -0.2) is 25.4 Å². The van der Waals surface area contributed by atoms with Gasteiger partial charge in [-0.25, -0.2) is 0 Å². The van der Waals surface area contributed by atoms with Gasteiger partial charge in [0.1, 0.15) is 11.5 Å². The van der Waals surface area contributed by atoms with Crippen molar-refractivity contribution in [3.05, 3.63) is 23.8 Å². The average molecular weight is 250 g/mol. The minimum Gasteiger partial charge on any atom is -0.494 e. The molecule has 0 heterocycles. The van der Waals surface area contributed by atoms with Crippen molar-refractivity contribution in [1.82, 2.24) is 0 Å². The Morgan fingerprint density at radius 2 is 1.94 bits per heavy atom. The van der Waals surface area contributed by atoms with E-state index in [1.165, 1.54) is 6.21 Å². The molecule has 6 nitrogen and oxygen atoms in total. The zero-order chi connectivity index (χ0) is 13.4. The van der Waals surface area contributed by atoms with E-state index >= 15 is 0 Å². The number of nitrogens with two attached hydrogens (primary N) is 2. The zero-order valence-electron chi connectivity index (χ0n) is 10.6. The fourth-order valence-electron chi connectivity index (χ4n) is 1.32. The van der Waals surface area contributed by atoms with Crippen LogP contribution < -0.4 is 20.9 Å². The van der Waals surface area contributed by atoms with E-state index < -0.39 is 0 Å². The number of guanidine groups is 1. The molecule has 0 saturated carbocycles. The predicted molar refractivity (Wildman–Crippen MR) is 72.2 cm³/mol. The predicted octanol–water partition coefficient (Wildman–Crippen LogP) is 1.09. The third-order valence-electron chi connectivity index (χ3n) is 1.97. The van der Waals surface area contributed by atoms with Crippen LogP contribution in [-0.2, 0) is 0 Å². The molecular formula is C12H18N4O2. The summed E-state index contributed by atoms with van der Waals surface area (Å²) in [5.74, 6) is 1.34. The molecule has 0 atom stereocenters. The van der Waals surface area contributed by atoms with Gasteiger partial charge in [-0.1, -0.05) is 0 Å². The molecule has 6 heteroatoms. The van der Waals surface area contributed by atoms with E-state index in [4.69, 9.17) is 20.9 Å². The highest BCUT2D eigenvalue weighted by Gasteiger charge is 2.03. The number of nitrogens with zero attached hydrogens (tertiary/aromatic N) is 2. The van der Waals surface area contributed by atoms with Crippen LogP contribution in [0.2, 0.25) is 0 Å². The summed E-state index contributed by atoms with van der Waals surface area (Å²) in [5.41, 5.74) is 11.1. The maximum Gasteiger partial charge on any atom is 0.211 e. The fourth-order valence-corrected chi connectivity index (χ4v) is 1.32. The van der Waals surface area contributed by atoms with Gasteiger partial charge < -0.3 is 20.9 Å². The molecule has 4 N–H and O–H groups in total. The lowest BCUT2D eigenvalue weighted by Crippen LogP contribution is -2.21. The summed E-state index contributed by atoms with van der Waals surface area (Å²) in [6.45, 7) is 4.99. The number of benzene rings is 1. The van der Waals surface area contributed by atoms with Crippen LogP contribution in [0.5, 0.6) is 11.5 Å². The normalized spacial score (nSPS) is 10.3. The highest BCUT2D eigenvalue weighted by molar-refractivity contribution is 5.85. The summed E-state index contributed by atoms with van der Waals surface area (Å²) in [7, 11) is 0. The minimum atomic E-state index is -0.0878. The van der Waals surface area contributed by atoms with Crippen molar-refractivity contribution in [3.63, 3.8) is 0 Å². The Kier molecular flexibility index (Phi) is 5.50. The Morgan fingerprint density at radius 1 is 1.22 bits per heavy atom. The molecular weight excluding hydrogens is 232 g/mol. The lowest BCUT2D eigenvalue weighted by atomic mass is 10.2. The van der Waals surface area contributed by atoms with Crippen molar-refractivity contribution in [1.29, 1.82) is 0 Å². The standard InChI is InChI=1S/C12H18N4O2/c1-3-17-10-6-5-9(8-15-16-12(13)14)11(7-10)18-4-2/h5-8H,3-4H2,1-2H3,(H4,13,14,16)/b15-8-. The summed E-state index contributed by atoms with van der Waals surface area (Å²) < 4.78 is 10.9. The van der Waals surface area contributed by atoms with E-state index in [0.717, 1.165) is 11.3 Å². The molecule has 0 aliphatic rings. The Labute approximate surface area is 106 Å². The lowest BCUT2D eigenvalue weighted by molar-refractivity contribution is 0.323. The Hall–Kier alpha value is -2.24. The van der Waals surface area contributed by atoms with E-state index in [0.29, 0.717) is 19.0 Å². The first kappa shape index (κ1) is 13.8. The van der Waals surface area contributed by atoms with Gasteiger partial charge in [-0.15, -0.1) is 5.10 Å². The third-order valence-corrected chi connectivity index (χ3v) is 1.97. The van der Waals surface area contributed by atoms with Gasteiger partial charge in [0.05, 0.1) is 19.4 Å². The van der Waals surface area contributed by atoms with E-state index in [-0.39, 0.29) is 5.96 Å². The Balaban J connectivity index is 2.95. The zero-order valence-corrected chi connectivity index (χ0v) is 10.6. The first-order chi connectivity index (χ1) is 8.67. The van der Waals surface area contributed by atoms with E-state index in [2.05, 4.69) is 10.2 Å². The number of rotatable bonds is 6. The van der Waals surface area contributed by atoms with Crippen molar-refractivity contribution >= 4 is 12.2 Å². The van der Waals surface area contributed by atoms with Crippen molar-refractivity contribution < 1.29 is 9.47 Å². The summed E-state index contributed by atoms with van der Waals surface area (Å²) in [4.78, 5) is 0. The van der Waals surface area contributed by atoms with Crippen molar-refractivity contribution in [3.8, 4) is 11.5 Å². The van der Waals surface area contributed by atoms with Gasteiger partial charge >= 0.3 is 0 Å². The first-order valence-corrected chi connectivity index (χ1v) is 5.69. The highest BCUT2D eigenvalue weighted by Crippen LogP contribution is 2.23. The summed E-state index contributed by atoms with van der Waals surface area (Å²) >= 11 is 0. The molecule has 0 aliphatic carbocycles. The molecule has 0 spiro atoms. The molecule has 1 aromatic carbocycles. The van der Waals surface area contributed by atoms with Gasteiger partial charge in [-0.05, 0) is 26.0 Å². The van der Waals surface area contributed by atoms with Crippen LogP contribution in [0, 0.1) is 0 Å². The van der Waals surface area contributed by atoms with E-state index in [9.17, 15) is 0 Å². The van der Waals surface area contributed by atoms with Gasteiger partial charge in [0.15, 0.2) is 0 Å². The second-order valence-electron chi connectivity index (χ2n) is 3.34.